The van der Waals surface area contributed by atoms with Gasteiger partial charge in [0.2, 0.25) is 0 Å². The number of hydrogen-bond acceptors (Lipinski definition) is 4. The molecule has 1 aliphatic rings. The first-order chi connectivity index (χ1) is 7.63. The van der Waals surface area contributed by atoms with Gasteiger partial charge in [-0.15, -0.1) is 0 Å². The van der Waals surface area contributed by atoms with E-state index in [2.05, 4.69) is 9.97 Å². The molecule has 0 amide bonds. The maximum atomic E-state index is 8.93. The van der Waals surface area contributed by atoms with Gasteiger partial charge in [0.15, 0.2) is 0 Å². The topological polar surface area (TPSA) is 49.2 Å². The highest BCUT2D eigenvalue weighted by Crippen LogP contribution is 2.39. The Morgan fingerprint density at radius 3 is 2.69 bits per heavy atom. The summed E-state index contributed by atoms with van der Waals surface area (Å²) < 4.78 is 0. The largest absolute Gasteiger partial charge is 0.395 e. The molecule has 1 saturated carbocycles. The standard InChI is InChI=1S/C11H16ClN3O/c1-7-9(12)13-10(8-3-4-8)14-11(7)15(2)5-6-16/h8,16H,3-6H2,1-2H3. The summed E-state index contributed by atoms with van der Waals surface area (Å²) in [7, 11) is 1.90. The van der Waals surface area contributed by atoms with Crippen molar-refractivity contribution in [3.63, 3.8) is 0 Å². The molecule has 88 valence electrons. The smallest absolute Gasteiger partial charge is 0.137 e. The van der Waals surface area contributed by atoms with E-state index in [-0.39, 0.29) is 6.61 Å². The van der Waals surface area contributed by atoms with Crippen molar-refractivity contribution in [2.75, 3.05) is 25.1 Å². The van der Waals surface area contributed by atoms with E-state index in [9.17, 15) is 0 Å². The minimum absolute atomic E-state index is 0.107. The summed E-state index contributed by atoms with van der Waals surface area (Å²) in [5, 5.41) is 9.46. The fraction of sp³-hybridized carbons (Fsp3) is 0.636. The van der Waals surface area contributed by atoms with E-state index in [1.165, 1.54) is 0 Å². The maximum absolute atomic E-state index is 8.93. The first kappa shape index (κ1) is 11.6. The molecule has 5 heteroatoms. The third-order valence-corrected chi connectivity index (χ3v) is 3.19. The SMILES string of the molecule is Cc1c(Cl)nc(C2CC2)nc1N(C)CCO. The van der Waals surface area contributed by atoms with Crippen LogP contribution in [-0.4, -0.2) is 35.3 Å². The van der Waals surface area contributed by atoms with Crippen molar-refractivity contribution >= 4 is 17.4 Å². The zero-order chi connectivity index (χ0) is 11.7. The van der Waals surface area contributed by atoms with Crippen LogP contribution in [0.2, 0.25) is 5.15 Å². The highest BCUT2D eigenvalue weighted by Gasteiger charge is 2.28. The number of hydrogen-bond donors (Lipinski definition) is 1. The minimum atomic E-state index is 0.107. The van der Waals surface area contributed by atoms with E-state index in [1.807, 2.05) is 18.9 Å². The number of rotatable bonds is 4. The van der Waals surface area contributed by atoms with E-state index in [1.54, 1.807) is 0 Å². The highest BCUT2D eigenvalue weighted by atomic mass is 35.5. The second-order valence-corrected chi connectivity index (χ2v) is 4.60. The lowest BCUT2D eigenvalue weighted by molar-refractivity contribution is 0.303. The Balaban J connectivity index is 2.33. The zero-order valence-electron chi connectivity index (χ0n) is 9.57. The molecule has 0 unspecified atom stereocenters. The Morgan fingerprint density at radius 2 is 2.12 bits per heavy atom. The van der Waals surface area contributed by atoms with Crippen LogP contribution in [0.3, 0.4) is 0 Å². The molecule has 16 heavy (non-hydrogen) atoms. The van der Waals surface area contributed by atoms with Crippen LogP contribution in [0.25, 0.3) is 0 Å². The molecule has 1 fully saturated rings. The van der Waals surface area contributed by atoms with E-state index in [0.29, 0.717) is 17.6 Å². The van der Waals surface area contributed by atoms with Crippen molar-refractivity contribution in [3.05, 3.63) is 16.5 Å². The summed E-state index contributed by atoms with van der Waals surface area (Å²) in [6.07, 6.45) is 2.31. The number of aliphatic hydroxyl groups is 1. The normalized spacial score (nSPS) is 15.2. The predicted molar refractivity (Wildman–Crippen MR) is 64.1 cm³/mol. The molecule has 0 saturated heterocycles. The molecule has 1 aromatic heterocycles. The molecule has 0 spiro atoms. The molecule has 2 rings (SSSR count). The van der Waals surface area contributed by atoms with Gasteiger partial charge in [-0.05, 0) is 19.8 Å². The maximum Gasteiger partial charge on any atom is 0.137 e. The van der Waals surface area contributed by atoms with Crippen LogP contribution >= 0.6 is 11.6 Å². The molecule has 4 nitrogen and oxygen atoms in total. The van der Waals surface area contributed by atoms with Crippen LogP contribution in [0, 0.1) is 6.92 Å². The molecule has 0 radical (unpaired) electrons. The number of aromatic nitrogens is 2. The van der Waals surface area contributed by atoms with E-state index in [0.717, 1.165) is 30.0 Å². The Kier molecular flexibility index (Phi) is 3.30. The van der Waals surface area contributed by atoms with Crippen molar-refractivity contribution in [2.45, 2.75) is 25.7 Å². The van der Waals surface area contributed by atoms with Crippen molar-refractivity contribution in [3.8, 4) is 0 Å². The van der Waals surface area contributed by atoms with Crippen LogP contribution in [0.1, 0.15) is 30.1 Å². The molecular weight excluding hydrogens is 226 g/mol. The van der Waals surface area contributed by atoms with Gasteiger partial charge in [-0.3, -0.25) is 0 Å². The van der Waals surface area contributed by atoms with Crippen molar-refractivity contribution in [2.24, 2.45) is 0 Å². The van der Waals surface area contributed by atoms with Gasteiger partial charge in [0, 0.05) is 25.1 Å². The molecule has 1 aromatic rings. The quantitative estimate of drug-likeness (QED) is 0.816. The molecule has 1 N–H and O–H groups in total. The lowest BCUT2D eigenvalue weighted by atomic mass is 10.3. The summed E-state index contributed by atoms with van der Waals surface area (Å²) in [5.41, 5.74) is 0.877. The monoisotopic (exact) mass is 241 g/mol. The van der Waals surface area contributed by atoms with E-state index >= 15 is 0 Å². The molecule has 0 atom stereocenters. The summed E-state index contributed by atoms with van der Waals surface area (Å²) >= 11 is 6.09. The lowest BCUT2D eigenvalue weighted by Crippen LogP contribution is -2.24. The van der Waals surface area contributed by atoms with Crippen molar-refractivity contribution in [1.82, 2.24) is 9.97 Å². The first-order valence-corrected chi connectivity index (χ1v) is 5.87. The molecule has 0 aliphatic heterocycles. The number of halogens is 1. The number of aliphatic hydroxyl groups excluding tert-OH is 1. The second-order valence-electron chi connectivity index (χ2n) is 4.24. The molecular formula is C11H16ClN3O. The van der Waals surface area contributed by atoms with Gasteiger partial charge in [-0.2, -0.15) is 0 Å². The number of nitrogens with zero attached hydrogens (tertiary/aromatic N) is 3. The highest BCUT2D eigenvalue weighted by molar-refractivity contribution is 6.30. The first-order valence-electron chi connectivity index (χ1n) is 5.49. The molecule has 0 aromatic carbocycles. The average molecular weight is 242 g/mol. The van der Waals surface area contributed by atoms with Crippen LogP contribution < -0.4 is 4.90 Å². The van der Waals surface area contributed by atoms with Crippen LogP contribution in [-0.2, 0) is 0 Å². The Hall–Kier alpha value is -0.870. The molecule has 1 heterocycles. The van der Waals surface area contributed by atoms with Gasteiger partial charge >= 0.3 is 0 Å². The fourth-order valence-electron chi connectivity index (χ4n) is 1.65. The lowest BCUT2D eigenvalue weighted by Gasteiger charge is -2.20. The third kappa shape index (κ3) is 2.28. The summed E-state index contributed by atoms with van der Waals surface area (Å²) in [6, 6.07) is 0. The van der Waals surface area contributed by atoms with Crippen molar-refractivity contribution in [1.29, 1.82) is 0 Å². The summed E-state index contributed by atoms with van der Waals surface area (Å²) in [4.78, 5) is 10.7. The zero-order valence-corrected chi connectivity index (χ0v) is 10.3. The van der Waals surface area contributed by atoms with Crippen LogP contribution in [0.5, 0.6) is 0 Å². The van der Waals surface area contributed by atoms with Gasteiger partial charge in [-0.25, -0.2) is 9.97 Å². The number of anilines is 1. The van der Waals surface area contributed by atoms with E-state index < -0.39 is 0 Å². The van der Waals surface area contributed by atoms with Crippen molar-refractivity contribution < 1.29 is 5.11 Å². The van der Waals surface area contributed by atoms with Gasteiger partial charge in [-0.1, -0.05) is 11.6 Å². The second kappa shape index (κ2) is 4.55. The van der Waals surface area contributed by atoms with Gasteiger partial charge in [0.05, 0.1) is 6.61 Å². The molecule has 0 bridgehead atoms. The summed E-state index contributed by atoms with van der Waals surface area (Å²) in [5.74, 6) is 2.16. The Labute approximate surface area is 100 Å². The third-order valence-electron chi connectivity index (χ3n) is 2.82. The number of likely N-dealkylation sites (N-methyl/N-ethyl adjacent to an activating group) is 1. The Bertz CT molecular complexity index is 393. The van der Waals surface area contributed by atoms with Crippen LogP contribution in [0.15, 0.2) is 0 Å². The molecule has 1 aliphatic carbocycles. The van der Waals surface area contributed by atoms with Gasteiger partial charge in [0.25, 0.3) is 0 Å². The minimum Gasteiger partial charge on any atom is -0.395 e. The van der Waals surface area contributed by atoms with Gasteiger partial charge in [0.1, 0.15) is 16.8 Å². The fourth-order valence-corrected chi connectivity index (χ4v) is 1.82. The summed E-state index contributed by atoms with van der Waals surface area (Å²) in [6.45, 7) is 2.57. The van der Waals surface area contributed by atoms with Crippen LogP contribution in [0.4, 0.5) is 5.82 Å². The average Bonchev–Trinajstić information content (AvgIpc) is 3.05. The Morgan fingerprint density at radius 1 is 1.44 bits per heavy atom. The van der Waals surface area contributed by atoms with E-state index in [4.69, 9.17) is 16.7 Å². The van der Waals surface area contributed by atoms with Gasteiger partial charge < -0.3 is 10.0 Å². The predicted octanol–water partition coefficient (Wildman–Crippen LogP) is 1.74.